The van der Waals surface area contributed by atoms with E-state index >= 15 is 0 Å². The van der Waals surface area contributed by atoms with Crippen molar-refractivity contribution in [1.82, 2.24) is 0 Å². The normalized spacial score (nSPS) is 23.9. The largest absolute Gasteiger partial charge is 0.469 e. The number of oxime groups is 1. The van der Waals surface area contributed by atoms with Crippen LogP contribution in [-0.4, -0.2) is 24.8 Å². The van der Waals surface area contributed by atoms with Crippen molar-refractivity contribution in [2.24, 2.45) is 17.0 Å². The molecule has 1 rings (SSSR count). The van der Waals surface area contributed by atoms with Crippen molar-refractivity contribution >= 4 is 17.7 Å². The van der Waals surface area contributed by atoms with E-state index in [2.05, 4.69) is 12.1 Å². The molecule has 0 bridgehead atoms. The Hall–Kier alpha value is -1.39. The van der Waals surface area contributed by atoms with Crippen LogP contribution in [0.1, 0.15) is 58.8 Å². The quantitative estimate of drug-likeness (QED) is 0.312. The Bertz CT molecular complexity index is 365. The smallest absolute Gasteiger partial charge is 0.331 e. The number of esters is 1. The minimum atomic E-state index is -0.402. The van der Waals surface area contributed by atoms with Crippen LogP contribution >= 0.6 is 0 Å². The van der Waals surface area contributed by atoms with Crippen molar-refractivity contribution < 1.29 is 19.2 Å². The Morgan fingerprint density at radius 3 is 2.70 bits per heavy atom. The van der Waals surface area contributed by atoms with Gasteiger partial charge in [0.25, 0.3) is 0 Å². The molecule has 0 amide bonds. The zero-order valence-electron chi connectivity index (χ0n) is 12.7. The monoisotopic (exact) mass is 283 g/mol. The summed E-state index contributed by atoms with van der Waals surface area (Å²) in [5.74, 6) is -0.0842. The fourth-order valence-corrected chi connectivity index (χ4v) is 2.79. The van der Waals surface area contributed by atoms with Crippen LogP contribution in [0.15, 0.2) is 5.16 Å². The number of hydrogen-bond acceptors (Lipinski definition) is 5. The van der Waals surface area contributed by atoms with Gasteiger partial charge in [-0.3, -0.25) is 4.79 Å². The molecule has 0 aliphatic heterocycles. The predicted octanol–water partition coefficient (Wildman–Crippen LogP) is 3.08. The van der Waals surface area contributed by atoms with Gasteiger partial charge in [-0.25, -0.2) is 4.79 Å². The van der Waals surface area contributed by atoms with Crippen LogP contribution in [0.3, 0.4) is 0 Å². The highest BCUT2D eigenvalue weighted by Gasteiger charge is 2.34. The number of hydrogen-bond donors (Lipinski definition) is 0. The molecule has 1 saturated carbocycles. The number of nitrogens with zero attached hydrogens (tertiary/aromatic N) is 1. The summed E-state index contributed by atoms with van der Waals surface area (Å²) >= 11 is 0. The SMILES string of the molecule is CCCCCC1C(=NOC(C)=O)CCC1CC(=O)OC. The summed E-state index contributed by atoms with van der Waals surface area (Å²) in [6.45, 7) is 3.51. The topological polar surface area (TPSA) is 65.0 Å². The van der Waals surface area contributed by atoms with Gasteiger partial charge in [-0.15, -0.1) is 0 Å². The van der Waals surface area contributed by atoms with E-state index in [4.69, 9.17) is 9.57 Å². The molecule has 5 nitrogen and oxygen atoms in total. The van der Waals surface area contributed by atoms with Gasteiger partial charge >= 0.3 is 11.9 Å². The van der Waals surface area contributed by atoms with Crippen LogP contribution in [0.2, 0.25) is 0 Å². The van der Waals surface area contributed by atoms with Crippen LogP contribution in [0.5, 0.6) is 0 Å². The van der Waals surface area contributed by atoms with Gasteiger partial charge < -0.3 is 9.57 Å². The lowest BCUT2D eigenvalue weighted by Gasteiger charge is -2.18. The molecule has 0 radical (unpaired) electrons. The number of carbonyl (C=O) groups excluding carboxylic acids is 2. The van der Waals surface area contributed by atoms with Gasteiger partial charge in [0, 0.05) is 19.3 Å². The van der Waals surface area contributed by atoms with E-state index in [1.165, 1.54) is 20.5 Å². The van der Waals surface area contributed by atoms with E-state index < -0.39 is 5.97 Å². The molecule has 0 saturated heterocycles. The molecule has 0 heterocycles. The molecule has 1 aliphatic rings. The third-order valence-electron chi connectivity index (χ3n) is 3.83. The number of carbonyl (C=O) groups is 2. The molecule has 0 spiro atoms. The maximum Gasteiger partial charge on any atom is 0.331 e. The molecular weight excluding hydrogens is 258 g/mol. The third-order valence-corrected chi connectivity index (χ3v) is 3.83. The van der Waals surface area contributed by atoms with Crippen molar-refractivity contribution in [3.05, 3.63) is 0 Å². The van der Waals surface area contributed by atoms with Crippen LogP contribution in [-0.2, 0) is 19.2 Å². The van der Waals surface area contributed by atoms with Gasteiger partial charge in [0.15, 0.2) is 0 Å². The summed E-state index contributed by atoms with van der Waals surface area (Å²) in [7, 11) is 1.41. The van der Waals surface area contributed by atoms with Crippen LogP contribution in [0, 0.1) is 11.8 Å². The first-order valence-corrected chi connectivity index (χ1v) is 7.39. The Morgan fingerprint density at radius 2 is 2.10 bits per heavy atom. The molecule has 1 aliphatic carbocycles. The summed E-state index contributed by atoms with van der Waals surface area (Å²) in [5, 5.41) is 3.98. The van der Waals surface area contributed by atoms with Crippen LogP contribution in [0.25, 0.3) is 0 Å². The van der Waals surface area contributed by atoms with Gasteiger partial charge in [0.05, 0.1) is 12.8 Å². The molecule has 5 heteroatoms. The highest BCUT2D eigenvalue weighted by Crippen LogP contribution is 2.36. The Kier molecular flexibility index (Phi) is 7.26. The van der Waals surface area contributed by atoms with Gasteiger partial charge in [0.2, 0.25) is 0 Å². The molecule has 0 aromatic rings. The van der Waals surface area contributed by atoms with Gasteiger partial charge in [-0.05, 0) is 25.2 Å². The van der Waals surface area contributed by atoms with Gasteiger partial charge in [0.1, 0.15) is 0 Å². The molecule has 0 aromatic heterocycles. The maximum absolute atomic E-state index is 11.5. The van der Waals surface area contributed by atoms with E-state index in [-0.39, 0.29) is 17.8 Å². The number of rotatable bonds is 7. The second kappa shape index (κ2) is 8.72. The number of unbranched alkanes of at least 4 members (excludes halogenated alkanes) is 2. The van der Waals surface area contributed by atoms with Crippen molar-refractivity contribution in [2.75, 3.05) is 7.11 Å². The van der Waals surface area contributed by atoms with E-state index in [0.29, 0.717) is 6.42 Å². The summed E-state index contributed by atoms with van der Waals surface area (Å²) in [6, 6.07) is 0. The standard InChI is InChI=1S/C15H25NO4/c1-4-5-6-7-13-12(10-15(18)19-3)8-9-14(13)16-20-11(2)17/h12-13H,4-10H2,1-3H3. The Balaban J connectivity index is 2.67. The third kappa shape index (κ3) is 5.31. The Morgan fingerprint density at radius 1 is 1.35 bits per heavy atom. The summed E-state index contributed by atoms with van der Waals surface area (Å²) < 4.78 is 4.76. The average Bonchev–Trinajstić information content (AvgIpc) is 2.79. The second-order valence-electron chi connectivity index (χ2n) is 5.35. The zero-order valence-corrected chi connectivity index (χ0v) is 12.7. The highest BCUT2D eigenvalue weighted by molar-refractivity contribution is 5.89. The molecule has 1 fully saturated rings. The average molecular weight is 283 g/mol. The molecule has 0 aromatic carbocycles. The van der Waals surface area contributed by atoms with Crippen LogP contribution in [0.4, 0.5) is 0 Å². The summed E-state index contributed by atoms with van der Waals surface area (Å²) in [5.41, 5.74) is 0.921. The minimum Gasteiger partial charge on any atom is -0.469 e. The van der Waals surface area contributed by atoms with Gasteiger partial charge in [-0.1, -0.05) is 31.3 Å². The molecule has 20 heavy (non-hydrogen) atoms. The molecule has 2 atom stereocenters. The first-order valence-electron chi connectivity index (χ1n) is 7.39. The molecule has 114 valence electrons. The van der Waals surface area contributed by atoms with E-state index in [1.54, 1.807) is 0 Å². The van der Waals surface area contributed by atoms with Crippen molar-refractivity contribution in [1.29, 1.82) is 0 Å². The molecular formula is C15H25NO4. The van der Waals surface area contributed by atoms with E-state index in [0.717, 1.165) is 37.8 Å². The fourth-order valence-electron chi connectivity index (χ4n) is 2.79. The fraction of sp³-hybridized carbons (Fsp3) is 0.800. The lowest BCUT2D eigenvalue weighted by atomic mass is 9.87. The zero-order chi connectivity index (χ0) is 15.0. The molecule has 0 N–H and O–H groups in total. The highest BCUT2D eigenvalue weighted by atomic mass is 16.7. The predicted molar refractivity (Wildman–Crippen MR) is 76.2 cm³/mol. The van der Waals surface area contributed by atoms with Crippen molar-refractivity contribution in [2.45, 2.75) is 58.8 Å². The van der Waals surface area contributed by atoms with Gasteiger partial charge in [-0.2, -0.15) is 0 Å². The maximum atomic E-state index is 11.5. The van der Waals surface area contributed by atoms with Crippen molar-refractivity contribution in [3.63, 3.8) is 0 Å². The van der Waals surface area contributed by atoms with E-state index in [1.807, 2.05) is 0 Å². The summed E-state index contributed by atoms with van der Waals surface area (Å²) in [4.78, 5) is 27.1. The van der Waals surface area contributed by atoms with E-state index in [9.17, 15) is 9.59 Å². The lowest BCUT2D eigenvalue weighted by molar-refractivity contribution is -0.142. The van der Waals surface area contributed by atoms with Crippen LogP contribution < -0.4 is 0 Å². The minimum absolute atomic E-state index is 0.177. The lowest BCUT2D eigenvalue weighted by Crippen LogP contribution is -2.19. The molecule has 2 unspecified atom stereocenters. The van der Waals surface area contributed by atoms with Crippen molar-refractivity contribution in [3.8, 4) is 0 Å². The Labute approximate surface area is 120 Å². The number of ether oxygens (including phenoxy) is 1. The number of methoxy groups -OCH3 is 1. The first kappa shape index (κ1) is 16.7. The summed E-state index contributed by atoms with van der Waals surface area (Å²) in [6.07, 6.45) is 6.56. The second-order valence-corrected chi connectivity index (χ2v) is 5.35. The first-order chi connectivity index (χ1) is 9.58.